The van der Waals surface area contributed by atoms with Gasteiger partial charge in [-0.1, -0.05) is 36.8 Å². The largest absolute Gasteiger partial charge is 0.480 e. The van der Waals surface area contributed by atoms with Gasteiger partial charge >= 0.3 is 5.97 Å². The second kappa shape index (κ2) is 6.36. The highest BCUT2D eigenvalue weighted by Crippen LogP contribution is 2.26. The summed E-state index contributed by atoms with van der Waals surface area (Å²) in [4.78, 5) is 22.9. The van der Waals surface area contributed by atoms with Crippen molar-refractivity contribution in [3.8, 4) is 0 Å². The van der Waals surface area contributed by atoms with E-state index in [0.29, 0.717) is 12.8 Å². The van der Waals surface area contributed by atoms with Crippen LogP contribution in [-0.4, -0.2) is 23.0 Å². The van der Waals surface area contributed by atoms with Crippen molar-refractivity contribution in [1.29, 1.82) is 0 Å². The number of benzene rings is 1. The Kier molecular flexibility index (Phi) is 4.55. The number of aryl methyl sites for hydroxylation is 1. The zero-order valence-corrected chi connectivity index (χ0v) is 10.8. The number of carbonyl (C=O) groups excluding carboxylic acids is 1. The summed E-state index contributed by atoms with van der Waals surface area (Å²) in [5.41, 5.74) is 1.09. The number of carboxylic acids is 1. The Hall–Kier alpha value is -1.84. The lowest BCUT2D eigenvalue weighted by atomic mass is 9.84. The van der Waals surface area contributed by atoms with E-state index in [-0.39, 0.29) is 11.8 Å². The summed E-state index contributed by atoms with van der Waals surface area (Å²) in [7, 11) is 0. The number of carboxylic acid groups (broad SMARTS) is 1. The molecule has 0 spiro atoms. The minimum Gasteiger partial charge on any atom is -0.480 e. The topological polar surface area (TPSA) is 66.4 Å². The van der Waals surface area contributed by atoms with Gasteiger partial charge in [0.25, 0.3) is 0 Å². The van der Waals surface area contributed by atoms with Crippen molar-refractivity contribution < 1.29 is 14.7 Å². The van der Waals surface area contributed by atoms with Gasteiger partial charge in [0.1, 0.15) is 6.04 Å². The molecule has 1 fully saturated rings. The van der Waals surface area contributed by atoms with E-state index in [1.54, 1.807) is 0 Å². The summed E-state index contributed by atoms with van der Waals surface area (Å²) < 4.78 is 0. The van der Waals surface area contributed by atoms with Crippen molar-refractivity contribution in [3.05, 3.63) is 35.9 Å². The maximum absolute atomic E-state index is 11.8. The molecule has 2 rings (SSSR count). The molecular weight excluding hydrogens is 242 g/mol. The first-order chi connectivity index (χ1) is 9.16. The molecule has 2 N–H and O–H groups in total. The lowest BCUT2D eigenvalue weighted by Crippen LogP contribution is -2.45. The van der Waals surface area contributed by atoms with Crippen LogP contribution >= 0.6 is 0 Å². The molecule has 1 amide bonds. The Morgan fingerprint density at radius 2 is 1.95 bits per heavy atom. The molecule has 0 aromatic heterocycles. The molecule has 0 radical (unpaired) electrons. The zero-order chi connectivity index (χ0) is 13.7. The van der Waals surface area contributed by atoms with Gasteiger partial charge in [-0.25, -0.2) is 4.79 Å². The lowest BCUT2D eigenvalue weighted by molar-refractivity contribution is -0.143. The van der Waals surface area contributed by atoms with Gasteiger partial charge in [-0.05, 0) is 31.2 Å². The summed E-state index contributed by atoms with van der Waals surface area (Å²) in [6, 6.07) is 8.93. The molecule has 0 bridgehead atoms. The van der Waals surface area contributed by atoms with Crippen molar-refractivity contribution in [2.24, 2.45) is 5.92 Å². The maximum Gasteiger partial charge on any atom is 0.326 e. The average molecular weight is 261 g/mol. The molecule has 4 heteroatoms. The average Bonchev–Trinajstić information content (AvgIpc) is 2.33. The Bertz CT molecular complexity index is 440. The molecule has 4 nitrogen and oxygen atoms in total. The quantitative estimate of drug-likeness (QED) is 0.823. The fourth-order valence-electron chi connectivity index (χ4n) is 2.17. The molecule has 0 saturated heterocycles. The summed E-state index contributed by atoms with van der Waals surface area (Å²) in [5, 5.41) is 11.8. The van der Waals surface area contributed by atoms with Gasteiger partial charge in [-0.15, -0.1) is 0 Å². The monoisotopic (exact) mass is 261 g/mol. The molecule has 1 aromatic carbocycles. The van der Waals surface area contributed by atoms with E-state index in [9.17, 15) is 9.59 Å². The van der Waals surface area contributed by atoms with Gasteiger partial charge in [0, 0.05) is 5.92 Å². The number of carbonyl (C=O) groups is 2. The molecule has 1 saturated carbocycles. The van der Waals surface area contributed by atoms with Crippen molar-refractivity contribution in [1.82, 2.24) is 5.32 Å². The van der Waals surface area contributed by atoms with E-state index in [0.717, 1.165) is 24.8 Å². The van der Waals surface area contributed by atoms with Crippen LogP contribution in [0.5, 0.6) is 0 Å². The van der Waals surface area contributed by atoms with Crippen LogP contribution in [0, 0.1) is 5.92 Å². The van der Waals surface area contributed by atoms with E-state index >= 15 is 0 Å². The second-order valence-electron chi connectivity index (χ2n) is 5.05. The first-order valence-electron chi connectivity index (χ1n) is 6.74. The third-order valence-electron chi connectivity index (χ3n) is 3.66. The van der Waals surface area contributed by atoms with E-state index in [4.69, 9.17) is 5.11 Å². The number of amides is 1. The van der Waals surface area contributed by atoms with Crippen molar-refractivity contribution in [3.63, 3.8) is 0 Å². The van der Waals surface area contributed by atoms with Crippen molar-refractivity contribution in [2.45, 2.75) is 38.1 Å². The lowest BCUT2D eigenvalue weighted by Gasteiger charge is -2.26. The first kappa shape index (κ1) is 13.6. The van der Waals surface area contributed by atoms with E-state index < -0.39 is 12.0 Å². The Morgan fingerprint density at radius 1 is 1.26 bits per heavy atom. The van der Waals surface area contributed by atoms with E-state index in [2.05, 4.69) is 5.32 Å². The normalized spacial score (nSPS) is 16.4. The third kappa shape index (κ3) is 3.81. The molecule has 0 unspecified atom stereocenters. The highest BCUT2D eigenvalue weighted by atomic mass is 16.4. The third-order valence-corrected chi connectivity index (χ3v) is 3.66. The zero-order valence-electron chi connectivity index (χ0n) is 10.8. The Morgan fingerprint density at radius 3 is 2.47 bits per heavy atom. The minimum absolute atomic E-state index is 0.0265. The molecule has 0 aliphatic heterocycles. The predicted octanol–water partition coefficient (Wildman–Crippen LogP) is 1.99. The number of hydrogen-bond donors (Lipinski definition) is 2. The van der Waals surface area contributed by atoms with Crippen LogP contribution in [0.3, 0.4) is 0 Å². The molecule has 1 aromatic rings. The number of hydrogen-bond acceptors (Lipinski definition) is 2. The Labute approximate surface area is 112 Å². The van der Waals surface area contributed by atoms with Gasteiger partial charge in [0.2, 0.25) is 5.91 Å². The van der Waals surface area contributed by atoms with Crippen LogP contribution in [0.4, 0.5) is 0 Å². The summed E-state index contributed by atoms with van der Waals surface area (Å²) in [5.74, 6) is -1.03. The number of rotatable bonds is 6. The maximum atomic E-state index is 11.8. The smallest absolute Gasteiger partial charge is 0.326 e. The minimum atomic E-state index is -0.955. The van der Waals surface area contributed by atoms with Crippen LogP contribution < -0.4 is 5.32 Å². The SMILES string of the molecule is O=C(N[C@@H](CCc1ccccc1)C(=O)O)C1CCC1. The van der Waals surface area contributed by atoms with E-state index in [1.165, 1.54) is 0 Å². The second-order valence-corrected chi connectivity index (χ2v) is 5.05. The number of nitrogens with one attached hydrogen (secondary N) is 1. The Balaban J connectivity index is 1.85. The van der Waals surface area contributed by atoms with Gasteiger partial charge in [-0.3, -0.25) is 4.79 Å². The fraction of sp³-hybridized carbons (Fsp3) is 0.467. The first-order valence-corrected chi connectivity index (χ1v) is 6.74. The highest BCUT2D eigenvalue weighted by molar-refractivity contribution is 5.85. The summed E-state index contributed by atoms with van der Waals surface area (Å²) >= 11 is 0. The molecular formula is C15H19NO3. The van der Waals surface area contributed by atoms with Gasteiger partial charge in [0.05, 0.1) is 0 Å². The fourth-order valence-corrected chi connectivity index (χ4v) is 2.17. The van der Waals surface area contributed by atoms with E-state index in [1.807, 2.05) is 30.3 Å². The van der Waals surface area contributed by atoms with Gasteiger partial charge in [0.15, 0.2) is 0 Å². The van der Waals surface area contributed by atoms with Crippen LogP contribution in [-0.2, 0) is 16.0 Å². The van der Waals surface area contributed by atoms with Gasteiger partial charge < -0.3 is 10.4 Å². The van der Waals surface area contributed by atoms with Crippen LogP contribution in [0.15, 0.2) is 30.3 Å². The highest BCUT2D eigenvalue weighted by Gasteiger charge is 2.28. The standard InChI is InChI=1S/C15H19NO3/c17-14(12-7-4-8-12)16-13(15(18)19)10-9-11-5-2-1-3-6-11/h1-3,5-6,12-13H,4,7-10H2,(H,16,17)(H,18,19)/t13-/m0/s1. The molecule has 1 atom stereocenters. The predicted molar refractivity (Wildman–Crippen MR) is 71.7 cm³/mol. The number of aliphatic carboxylic acids is 1. The summed E-state index contributed by atoms with van der Waals surface area (Å²) in [6.07, 6.45) is 3.92. The van der Waals surface area contributed by atoms with Crippen molar-refractivity contribution >= 4 is 11.9 Å². The molecule has 1 aliphatic rings. The van der Waals surface area contributed by atoms with Crippen LogP contribution in [0.2, 0.25) is 0 Å². The van der Waals surface area contributed by atoms with Gasteiger partial charge in [-0.2, -0.15) is 0 Å². The van der Waals surface area contributed by atoms with Crippen molar-refractivity contribution in [2.75, 3.05) is 0 Å². The molecule has 19 heavy (non-hydrogen) atoms. The van der Waals surface area contributed by atoms with Crippen LogP contribution in [0.1, 0.15) is 31.2 Å². The molecule has 102 valence electrons. The molecule has 0 heterocycles. The summed E-state index contributed by atoms with van der Waals surface area (Å²) in [6.45, 7) is 0. The molecule has 1 aliphatic carbocycles. The van der Waals surface area contributed by atoms with Crippen LogP contribution in [0.25, 0.3) is 0 Å².